The minimum atomic E-state index is -4.17. The topological polar surface area (TPSA) is 56.0 Å². The molecule has 1 aromatic heterocycles. The smallest absolute Gasteiger partial charge is 0.369 e. The Morgan fingerprint density at radius 2 is 1.95 bits per heavy atom. The molecule has 2 aliphatic rings. The first-order chi connectivity index (χ1) is 10.3. The molecule has 1 heterocycles. The summed E-state index contributed by atoms with van der Waals surface area (Å²) in [4.78, 5) is 16.7. The van der Waals surface area contributed by atoms with Gasteiger partial charge in [-0.1, -0.05) is 19.3 Å². The maximum absolute atomic E-state index is 13.2. The number of rotatable bonds is 3. The van der Waals surface area contributed by atoms with Gasteiger partial charge >= 0.3 is 6.18 Å². The number of carbonyl (C=O) groups excluding carboxylic acids is 1. The zero-order chi connectivity index (χ0) is 16.0. The Morgan fingerprint density at radius 3 is 2.50 bits per heavy atom. The number of thiazole rings is 1. The van der Waals surface area contributed by atoms with Crippen molar-refractivity contribution in [1.29, 1.82) is 0 Å². The molecule has 0 unspecified atom stereocenters. The van der Waals surface area contributed by atoms with Gasteiger partial charge in [0.25, 0.3) is 0 Å². The van der Waals surface area contributed by atoms with Crippen LogP contribution >= 0.6 is 11.3 Å². The van der Waals surface area contributed by atoms with E-state index in [4.69, 9.17) is 5.73 Å². The molecule has 2 saturated carbocycles. The molecule has 0 saturated heterocycles. The molecular formula is C15H19F3N2OS. The van der Waals surface area contributed by atoms with E-state index in [0.717, 1.165) is 12.8 Å². The summed E-state index contributed by atoms with van der Waals surface area (Å²) in [5, 5.41) is 0.604. The van der Waals surface area contributed by atoms with E-state index in [-0.39, 0.29) is 6.42 Å². The monoisotopic (exact) mass is 332 g/mol. The Morgan fingerprint density at radius 1 is 1.27 bits per heavy atom. The van der Waals surface area contributed by atoms with Crippen molar-refractivity contribution in [1.82, 2.24) is 4.98 Å². The molecule has 1 amide bonds. The van der Waals surface area contributed by atoms with E-state index < -0.39 is 29.3 Å². The molecule has 0 aliphatic heterocycles. The molecule has 1 aromatic rings. The van der Waals surface area contributed by atoms with Crippen molar-refractivity contribution in [3.05, 3.63) is 16.1 Å². The van der Waals surface area contributed by atoms with Gasteiger partial charge in [-0.2, -0.15) is 13.2 Å². The number of carbonyl (C=O) groups is 1. The summed E-state index contributed by atoms with van der Waals surface area (Å²) >= 11 is 1.26. The molecule has 2 fully saturated rings. The van der Waals surface area contributed by atoms with Crippen LogP contribution in [0.3, 0.4) is 0 Å². The van der Waals surface area contributed by atoms with Crippen molar-refractivity contribution in [3.63, 3.8) is 0 Å². The molecule has 3 rings (SSSR count). The number of amides is 1. The molecule has 0 radical (unpaired) electrons. The fourth-order valence-electron chi connectivity index (χ4n) is 3.64. The van der Waals surface area contributed by atoms with Crippen LogP contribution in [0.2, 0.25) is 0 Å². The highest BCUT2D eigenvalue weighted by Crippen LogP contribution is 2.50. The van der Waals surface area contributed by atoms with Crippen LogP contribution in [0.1, 0.15) is 60.7 Å². The molecular weight excluding hydrogens is 313 g/mol. The Balaban J connectivity index is 1.88. The third-order valence-corrected chi connectivity index (χ3v) is 6.50. The molecule has 122 valence electrons. The lowest BCUT2D eigenvalue weighted by Gasteiger charge is -2.37. The number of alkyl halides is 3. The van der Waals surface area contributed by atoms with Gasteiger partial charge < -0.3 is 5.73 Å². The second-order valence-electron chi connectivity index (χ2n) is 6.41. The van der Waals surface area contributed by atoms with Gasteiger partial charge in [0.05, 0.1) is 5.92 Å². The first-order valence-electron chi connectivity index (χ1n) is 7.67. The molecule has 7 heteroatoms. The van der Waals surface area contributed by atoms with Gasteiger partial charge in [0.1, 0.15) is 10.4 Å². The molecule has 0 aromatic carbocycles. The predicted molar refractivity (Wildman–Crippen MR) is 77.6 cm³/mol. The summed E-state index contributed by atoms with van der Waals surface area (Å²) in [7, 11) is 0. The lowest BCUT2D eigenvalue weighted by atomic mass is 9.69. The summed E-state index contributed by atoms with van der Waals surface area (Å²) in [6, 6.07) is 0. The summed E-state index contributed by atoms with van der Waals surface area (Å²) in [5.41, 5.74) is 4.77. The summed E-state index contributed by atoms with van der Waals surface area (Å²) in [6.07, 6.45) is 1.74. The Kier molecular flexibility index (Phi) is 3.95. The molecule has 0 bridgehead atoms. The van der Waals surface area contributed by atoms with Crippen molar-refractivity contribution in [2.75, 3.05) is 0 Å². The Bertz CT molecular complexity index is 565. The van der Waals surface area contributed by atoms with Crippen LogP contribution < -0.4 is 5.73 Å². The SMILES string of the molecule is NC(=O)C1(c2ncc([C@H]3CCCC[C@@H]3C(F)(F)F)s2)CCC1. The third-order valence-electron chi connectivity index (χ3n) is 5.16. The maximum Gasteiger partial charge on any atom is 0.392 e. The molecule has 22 heavy (non-hydrogen) atoms. The van der Waals surface area contributed by atoms with Crippen LogP contribution in [0.4, 0.5) is 13.2 Å². The number of nitrogens with two attached hydrogens (primary N) is 1. The van der Waals surface area contributed by atoms with Gasteiger partial charge in [0.2, 0.25) is 5.91 Å². The van der Waals surface area contributed by atoms with Gasteiger partial charge in [0.15, 0.2) is 0 Å². The maximum atomic E-state index is 13.2. The predicted octanol–water partition coefficient (Wildman–Crippen LogP) is 3.89. The van der Waals surface area contributed by atoms with E-state index in [1.54, 1.807) is 0 Å². The normalized spacial score (nSPS) is 28.1. The summed E-state index contributed by atoms with van der Waals surface area (Å²) < 4.78 is 39.7. The van der Waals surface area contributed by atoms with Crippen LogP contribution in [0.15, 0.2) is 6.20 Å². The van der Waals surface area contributed by atoms with Crippen molar-refractivity contribution in [3.8, 4) is 0 Å². The fourth-order valence-corrected chi connectivity index (χ4v) is 5.01. The van der Waals surface area contributed by atoms with Gasteiger partial charge in [-0.3, -0.25) is 4.79 Å². The minimum Gasteiger partial charge on any atom is -0.369 e. The number of aromatic nitrogens is 1. The van der Waals surface area contributed by atoms with Crippen LogP contribution in [0.5, 0.6) is 0 Å². The van der Waals surface area contributed by atoms with E-state index in [9.17, 15) is 18.0 Å². The number of hydrogen-bond donors (Lipinski definition) is 1. The number of hydrogen-bond acceptors (Lipinski definition) is 3. The van der Waals surface area contributed by atoms with Crippen molar-refractivity contribution < 1.29 is 18.0 Å². The Hall–Kier alpha value is -1.11. The second-order valence-corrected chi connectivity index (χ2v) is 7.47. The molecule has 2 aliphatic carbocycles. The minimum absolute atomic E-state index is 0.183. The van der Waals surface area contributed by atoms with Gasteiger partial charge in [-0.05, 0) is 25.7 Å². The largest absolute Gasteiger partial charge is 0.392 e. The van der Waals surface area contributed by atoms with E-state index in [2.05, 4.69) is 4.98 Å². The zero-order valence-electron chi connectivity index (χ0n) is 12.2. The number of primary amides is 1. The standard InChI is InChI=1S/C15H19F3N2OS/c16-15(17,18)10-5-2-1-4-9(10)11-8-20-13(22-11)14(12(19)21)6-3-7-14/h8-10H,1-7H2,(H2,19,21)/t9-,10-/m0/s1. The lowest BCUT2D eigenvalue weighted by Crippen LogP contribution is -2.46. The lowest BCUT2D eigenvalue weighted by molar-refractivity contribution is -0.187. The average molecular weight is 332 g/mol. The van der Waals surface area contributed by atoms with E-state index in [1.165, 1.54) is 17.5 Å². The van der Waals surface area contributed by atoms with Crippen LogP contribution in [0.25, 0.3) is 0 Å². The van der Waals surface area contributed by atoms with Gasteiger partial charge in [-0.25, -0.2) is 4.98 Å². The Labute approximate surface area is 131 Å². The highest BCUT2D eigenvalue weighted by molar-refractivity contribution is 7.12. The number of nitrogens with zero attached hydrogens (tertiary/aromatic N) is 1. The van der Waals surface area contributed by atoms with Crippen molar-refractivity contribution in [2.24, 2.45) is 11.7 Å². The van der Waals surface area contributed by atoms with Crippen LogP contribution in [0, 0.1) is 5.92 Å². The van der Waals surface area contributed by atoms with Gasteiger partial charge in [0, 0.05) is 17.0 Å². The van der Waals surface area contributed by atoms with Crippen LogP contribution in [-0.2, 0) is 10.2 Å². The van der Waals surface area contributed by atoms with Gasteiger partial charge in [-0.15, -0.1) is 11.3 Å². The van der Waals surface area contributed by atoms with Crippen molar-refractivity contribution in [2.45, 2.75) is 62.5 Å². The first-order valence-corrected chi connectivity index (χ1v) is 8.49. The summed E-state index contributed by atoms with van der Waals surface area (Å²) in [6.45, 7) is 0. The molecule has 2 atom stereocenters. The summed E-state index contributed by atoms with van der Waals surface area (Å²) in [5.74, 6) is -2.22. The quantitative estimate of drug-likeness (QED) is 0.913. The second kappa shape index (κ2) is 5.51. The molecule has 2 N–H and O–H groups in total. The number of halogens is 3. The van der Waals surface area contributed by atoms with E-state index in [0.29, 0.717) is 35.6 Å². The fraction of sp³-hybridized carbons (Fsp3) is 0.733. The van der Waals surface area contributed by atoms with Crippen molar-refractivity contribution >= 4 is 17.2 Å². The average Bonchev–Trinajstić information content (AvgIpc) is 2.85. The highest BCUT2D eigenvalue weighted by atomic mass is 32.1. The van der Waals surface area contributed by atoms with Crippen LogP contribution in [-0.4, -0.2) is 17.1 Å². The highest BCUT2D eigenvalue weighted by Gasteiger charge is 2.49. The molecule has 0 spiro atoms. The first kappa shape index (κ1) is 15.8. The van der Waals surface area contributed by atoms with E-state index in [1.807, 2.05) is 0 Å². The zero-order valence-corrected chi connectivity index (χ0v) is 13.0. The third kappa shape index (κ3) is 2.53. The van der Waals surface area contributed by atoms with E-state index >= 15 is 0 Å². The molecule has 3 nitrogen and oxygen atoms in total.